The first-order chi connectivity index (χ1) is 8.85. The average molecular weight is 266 g/mol. The molecular formula is C12H18N4OS. The van der Waals surface area contributed by atoms with Crippen molar-refractivity contribution in [1.82, 2.24) is 14.8 Å². The molecule has 2 atom stereocenters. The first kappa shape index (κ1) is 12.1. The highest BCUT2D eigenvalue weighted by Gasteiger charge is 2.21. The largest absolute Gasteiger partial charge is 0.378 e. The van der Waals surface area contributed by atoms with Gasteiger partial charge in [-0.25, -0.2) is 4.98 Å². The highest BCUT2D eigenvalue weighted by atomic mass is 32.1. The van der Waals surface area contributed by atoms with Crippen molar-refractivity contribution in [2.45, 2.75) is 37.8 Å². The fraction of sp³-hybridized carbons (Fsp3) is 0.583. The van der Waals surface area contributed by atoms with Crippen LogP contribution in [0.5, 0.6) is 0 Å². The summed E-state index contributed by atoms with van der Waals surface area (Å²) in [5, 5.41) is 2.04. The van der Waals surface area contributed by atoms with Gasteiger partial charge in [-0.05, 0) is 19.3 Å². The molecule has 2 aromatic heterocycles. The van der Waals surface area contributed by atoms with Crippen molar-refractivity contribution in [2.75, 3.05) is 6.61 Å². The van der Waals surface area contributed by atoms with Gasteiger partial charge in [0.25, 0.3) is 0 Å². The van der Waals surface area contributed by atoms with Crippen LogP contribution in [0, 0.1) is 0 Å². The fourth-order valence-corrected chi connectivity index (χ4v) is 3.20. The highest BCUT2D eigenvalue weighted by Crippen LogP contribution is 2.19. The van der Waals surface area contributed by atoms with E-state index in [-0.39, 0.29) is 6.04 Å². The Morgan fingerprint density at radius 2 is 2.61 bits per heavy atom. The van der Waals surface area contributed by atoms with E-state index in [0.717, 1.165) is 36.5 Å². The lowest BCUT2D eigenvalue weighted by molar-refractivity contribution is 0.0945. The van der Waals surface area contributed by atoms with Crippen molar-refractivity contribution in [3.05, 3.63) is 23.5 Å². The Balaban J connectivity index is 1.63. The lowest BCUT2D eigenvalue weighted by Crippen LogP contribution is -2.39. The van der Waals surface area contributed by atoms with Crippen LogP contribution in [0.3, 0.4) is 0 Å². The van der Waals surface area contributed by atoms with Crippen LogP contribution in [0.4, 0.5) is 0 Å². The summed E-state index contributed by atoms with van der Waals surface area (Å²) in [5.41, 5.74) is 3.97. The summed E-state index contributed by atoms with van der Waals surface area (Å²) < 4.78 is 7.70. The second kappa shape index (κ2) is 5.36. The second-order valence-electron chi connectivity index (χ2n) is 4.76. The van der Waals surface area contributed by atoms with E-state index in [1.165, 1.54) is 6.42 Å². The van der Waals surface area contributed by atoms with Gasteiger partial charge in [0, 0.05) is 36.8 Å². The van der Waals surface area contributed by atoms with Crippen molar-refractivity contribution in [2.24, 2.45) is 5.84 Å². The predicted octanol–water partition coefficient (Wildman–Crippen LogP) is 1.34. The summed E-state index contributed by atoms with van der Waals surface area (Å²) in [6, 6.07) is 0.234. The number of rotatable bonds is 5. The van der Waals surface area contributed by atoms with E-state index in [1.54, 1.807) is 11.3 Å². The first-order valence-electron chi connectivity index (χ1n) is 6.34. The van der Waals surface area contributed by atoms with E-state index >= 15 is 0 Å². The van der Waals surface area contributed by atoms with Crippen LogP contribution in [0.15, 0.2) is 17.8 Å². The van der Waals surface area contributed by atoms with Crippen LogP contribution >= 0.6 is 11.3 Å². The monoisotopic (exact) mass is 266 g/mol. The Morgan fingerprint density at radius 1 is 1.67 bits per heavy atom. The van der Waals surface area contributed by atoms with Crippen molar-refractivity contribution in [3.63, 3.8) is 0 Å². The van der Waals surface area contributed by atoms with Gasteiger partial charge in [0.05, 0.1) is 11.8 Å². The topological polar surface area (TPSA) is 64.6 Å². The molecule has 3 N–H and O–H groups in total. The average Bonchev–Trinajstić information content (AvgIpc) is 3.03. The van der Waals surface area contributed by atoms with E-state index in [9.17, 15) is 0 Å². The molecule has 5 nitrogen and oxygen atoms in total. The van der Waals surface area contributed by atoms with Gasteiger partial charge in [0.15, 0.2) is 4.96 Å². The smallest absolute Gasteiger partial charge is 0.193 e. The molecule has 1 aliphatic heterocycles. The van der Waals surface area contributed by atoms with Gasteiger partial charge in [-0.3, -0.25) is 15.7 Å². The van der Waals surface area contributed by atoms with E-state index in [4.69, 9.17) is 10.6 Å². The zero-order valence-corrected chi connectivity index (χ0v) is 11.0. The minimum absolute atomic E-state index is 0.234. The number of hydrogen-bond acceptors (Lipinski definition) is 5. The third kappa shape index (κ3) is 2.56. The number of nitrogens with two attached hydrogens (primary N) is 1. The Kier molecular flexibility index (Phi) is 3.60. The summed E-state index contributed by atoms with van der Waals surface area (Å²) in [6.45, 7) is 0.891. The third-order valence-electron chi connectivity index (χ3n) is 3.41. The van der Waals surface area contributed by atoms with Crippen molar-refractivity contribution >= 4 is 16.3 Å². The van der Waals surface area contributed by atoms with Crippen molar-refractivity contribution in [3.8, 4) is 0 Å². The molecule has 2 unspecified atom stereocenters. The maximum absolute atomic E-state index is 5.65. The quantitative estimate of drug-likeness (QED) is 0.633. The van der Waals surface area contributed by atoms with Crippen LogP contribution in [0.1, 0.15) is 25.0 Å². The molecule has 3 rings (SSSR count). The molecule has 0 radical (unpaired) electrons. The molecule has 6 heteroatoms. The number of nitrogens with zero attached hydrogens (tertiary/aromatic N) is 2. The lowest BCUT2D eigenvalue weighted by atomic mass is 10.0. The Bertz CT molecular complexity index is 474. The van der Waals surface area contributed by atoms with Gasteiger partial charge in [-0.2, -0.15) is 0 Å². The molecule has 3 heterocycles. The molecule has 98 valence electrons. The molecule has 1 saturated heterocycles. The standard InChI is InChI=1S/C12H18N4OS/c13-15-9(7-11-2-1-4-17-11)6-10-8-16-3-5-18-12(16)14-10/h3,5,8-9,11,15H,1-2,4,6-7,13H2. The highest BCUT2D eigenvalue weighted by molar-refractivity contribution is 7.15. The van der Waals surface area contributed by atoms with Gasteiger partial charge >= 0.3 is 0 Å². The lowest BCUT2D eigenvalue weighted by Gasteiger charge is -2.18. The number of hydrogen-bond donors (Lipinski definition) is 2. The van der Waals surface area contributed by atoms with Crippen molar-refractivity contribution in [1.29, 1.82) is 0 Å². The van der Waals surface area contributed by atoms with Crippen LogP contribution < -0.4 is 11.3 Å². The van der Waals surface area contributed by atoms with E-state index in [1.807, 2.05) is 11.6 Å². The first-order valence-corrected chi connectivity index (χ1v) is 7.22. The second-order valence-corrected chi connectivity index (χ2v) is 5.64. The molecular weight excluding hydrogens is 248 g/mol. The molecule has 18 heavy (non-hydrogen) atoms. The number of thiazole rings is 1. The predicted molar refractivity (Wildman–Crippen MR) is 71.5 cm³/mol. The molecule has 0 amide bonds. The minimum atomic E-state index is 0.234. The van der Waals surface area contributed by atoms with Gasteiger partial charge in [-0.1, -0.05) is 0 Å². The van der Waals surface area contributed by atoms with Crippen molar-refractivity contribution < 1.29 is 4.74 Å². The van der Waals surface area contributed by atoms with E-state index in [2.05, 4.69) is 21.0 Å². The summed E-state index contributed by atoms with van der Waals surface area (Å²) in [4.78, 5) is 5.62. The summed E-state index contributed by atoms with van der Waals surface area (Å²) >= 11 is 1.65. The van der Waals surface area contributed by atoms with Crippen LogP contribution in [-0.2, 0) is 11.2 Å². The molecule has 0 saturated carbocycles. The van der Waals surface area contributed by atoms with Crippen LogP contribution in [0.2, 0.25) is 0 Å². The van der Waals surface area contributed by atoms with E-state index in [0.29, 0.717) is 6.10 Å². The summed E-state index contributed by atoms with van der Waals surface area (Å²) in [7, 11) is 0. The molecule has 1 fully saturated rings. The van der Waals surface area contributed by atoms with Gasteiger partial charge in [0.2, 0.25) is 0 Å². The number of aromatic nitrogens is 2. The molecule has 0 aliphatic carbocycles. The number of fused-ring (bicyclic) bond motifs is 1. The van der Waals surface area contributed by atoms with Gasteiger partial charge in [0.1, 0.15) is 0 Å². The fourth-order valence-electron chi connectivity index (χ4n) is 2.48. The third-order valence-corrected chi connectivity index (χ3v) is 4.18. The molecule has 0 bridgehead atoms. The maximum atomic E-state index is 5.65. The Hall–Kier alpha value is -0.950. The van der Waals surface area contributed by atoms with Gasteiger partial charge in [-0.15, -0.1) is 11.3 Å². The molecule has 0 aromatic carbocycles. The van der Waals surface area contributed by atoms with Crippen LogP contribution in [-0.4, -0.2) is 28.1 Å². The zero-order valence-electron chi connectivity index (χ0n) is 10.2. The number of nitrogens with one attached hydrogen (secondary N) is 1. The minimum Gasteiger partial charge on any atom is -0.378 e. The SMILES string of the molecule is NNC(Cc1cn2ccsc2n1)CC1CCCO1. The normalized spacial score (nSPS) is 21.7. The number of hydrazine groups is 1. The zero-order chi connectivity index (χ0) is 12.4. The molecule has 2 aromatic rings. The molecule has 0 spiro atoms. The molecule has 1 aliphatic rings. The van der Waals surface area contributed by atoms with Gasteiger partial charge < -0.3 is 4.74 Å². The summed E-state index contributed by atoms with van der Waals surface area (Å²) in [5.74, 6) is 5.63. The summed E-state index contributed by atoms with van der Waals surface area (Å²) in [6.07, 6.45) is 8.59. The maximum Gasteiger partial charge on any atom is 0.193 e. The number of ether oxygens (including phenoxy) is 1. The van der Waals surface area contributed by atoms with E-state index < -0.39 is 0 Å². The van der Waals surface area contributed by atoms with Crippen LogP contribution in [0.25, 0.3) is 4.96 Å². The number of imidazole rings is 1. The Labute approximate surface area is 110 Å². The Morgan fingerprint density at radius 3 is 3.33 bits per heavy atom.